The average molecular weight is 1360 g/mol. The van der Waals surface area contributed by atoms with E-state index < -0.39 is 18.4 Å². The van der Waals surface area contributed by atoms with Gasteiger partial charge < -0.3 is 28.5 Å². The minimum atomic E-state index is -1.51. The number of hydrogen-bond acceptors (Lipinski definition) is 7. The van der Waals surface area contributed by atoms with Crippen LogP contribution in [0.25, 0.3) is 0 Å². The van der Waals surface area contributed by atoms with Crippen molar-refractivity contribution in [3.8, 4) is 0 Å². The highest BCUT2D eigenvalue weighted by Crippen LogP contribution is 2.20. The number of nitrogens with zero attached hydrogens (tertiary/aromatic N) is 1. The minimum Gasteiger partial charge on any atom is -0.477 e. The number of esters is 2. The van der Waals surface area contributed by atoms with Crippen LogP contribution in [0.15, 0.2) is 72.9 Å². The predicted molar refractivity (Wildman–Crippen MR) is 420 cm³/mol. The van der Waals surface area contributed by atoms with Gasteiger partial charge in [-0.05, 0) is 64.2 Å². The Labute approximate surface area is 602 Å². The molecule has 0 aliphatic rings. The van der Waals surface area contributed by atoms with Crippen molar-refractivity contribution in [2.24, 2.45) is 0 Å². The van der Waals surface area contributed by atoms with E-state index in [-0.39, 0.29) is 38.2 Å². The number of carboxylic acid groups (broad SMARTS) is 1. The summed E-state index contributed by atoms with van der Waals surface area (Å²) in [5, 5.41) is 9.78. The van der Waals surface area contributed by atoms with E-state index in [1.165, 1.54) is 308 Å². The fourth-order valence-electron chi connectivity index (χ4n) is 12.6. The molecular weight excluding hydrogens is 1200 g/mol. The third-order valence-corrected chi connectivity index (χ3v) is 19.0. The van der Waals surface area contributed by atoms with Crippen LogP contribution in [-0.4, -0.2) is 87.4 Å². The second kappa shape index (κ2) is 78.4. The maximum Gasteiger partial charge on any atom is 0.361 e. The molecule has 0 saturated heterocycles. The third-order valence-electron chi connectivity index (χ3n) is 19.0. The zero-order valence-corrected chi connectivity index (χ0v) is 65.0. The van der Waals surface area contributed by atoms with Crippen LogP contribution >= 0.6 is 0 Å². The van der Waals surface area contributed by atoms with E-state index in [9.17, 15) is 19.5 Å². The Kier molecular flexibility index (Phi) is 75.8. The highest BCUT2D eigenvalue weighted by atomic mass is 16.7. The number of allylic oxidation sites excluding steroid dienone is 12. The first kappa shape index (κ1) is 93.7. The van der Waals surface area contributed by atoms with E-state index in [2.05, 4.69) is 86.8 Å². The highest BCUT2D eigenvalue weighted by Gasteiger charge is 2.25. The van der Waals surface area contributed by atoms with E-state index in [0.717, 1.165) is 77.0 Å². The second-order valence-corrected chi connectivity index (χ2v) is 29.8. The van der Waals surface area contributed by atoms with Gasteiger partial charge in [-0.15, -0.1) is 0 Å². The lowest BCUT2D eigenvalue weighted by molar-refractivity contribution is -0.870. The van der Waals surface area contributed by atoms with Crippen LogP contribution in [-0.2, 0) is 33.3 Å². The van der Waals surface area contributed by atoms with E-state index in [1.807, 2.05) is 21.1 Å². The average Bonchev–Trinajstić information content (AvgIpc) is 3.27. The molecule has 97 heavy (non-hydrogen) atoms. The molecule has 2 atom stereocenters. The lowest BCUT2D eigenvalue weighted by Crippen LogP contribution is -2.40. The smallest absolute Gasteiger partial charge is 0.361 e. The van der Waals surface area contributed by atoms with Crippen molar-refractivity contribution in [3.63, 3.8) is 0 Å². The van der Waals surface area contributed by atoms with Gasteiger partial charge in [0.2, 0.25) is 0 Å². The molecule has 0 rings (SSSR count). The fourth-order valence-corrected chi connectivity index (χ4v) is 12.6. The number of carboxylic acids is 1. The van der Waals surface area contributed by atoms with Gasteiger partial charge >= 0.3 is 17.9 Å². The van der Waals surface area contributed by atoms with Crippen LogP contribution in [0.1, 0.15) is 412 Å². The zero-order chi connectivity index (χ0) is 70.4. The summed E-state index contributed by atoms with van der Waals surface area (Å²) in [7, 11) is 6.00. The fraction of sp³-hybridized carbons (Fsp3) is 0.830. The summed E-state index contributed by atoms with van der Waals surface area (Å²) in [4.78, 5) is 37.8. The molecule has 9 nitrogen and oxygen atoms in total. The Hall–Kier alpha value is -3.27. The van der Waals surface area contributed by atoms with Crippen molar-refractivity contribution >= 4 is 17.9 Å². The first-order valence-corrected chi connectivity index (χ1v) is 42.1. The van der Waals surface area contributed by atoms with Gasteiger partial charge in [0.15, 0.2) is 6.10 Å². The van der Waals surface area contributed by atoms with E-state index in [4.69, 9.17) is 18.9 Å². The Morgan fingerprint density at radius 2 is 0.588 bits per heavy atom. The largest absolute Gasteiger partial charge is 0.477 e. The molecule has 9 heteroatoms. The Morgan fingerprint density at radius 1 is 0.320 bits per heavy atom. The highest BCUT2D eigenvalue weighted by molar-refractivity contribution is 5.71. The summed E-state index contributed by atoms with van der Waals surface area (Å²) < 4.78 is 23.1. The van der Waals surface area contributed by atoms with Gasteiger partial charge in [-0.2, -0.15) is 0 Å². The number of hydrogen-bond donors (Lipinski definition) is 1. The molecule has 0 fully saturated rings. The van der Waals surface area contributed by atoms with Gasteiger partial charge in [-0.3, -0.25) is 9.59 Å². The van der Waals surface area contributed by atoms with Crippen LogP contribution in [0, 0.1) is 0 Å². The lowest BCUT2D eigenvalue weighted by atomic mass is 10.0. The van der Waals surface area contributed by atoms with Crippen molar-refractivity contribution in [2.75, 3.05) is 47.5 Å². The number of unbranched alkanes of at least 4 members (excludes halogenated alkanes) is 52. The summed E-state index contributed by atoms with van der Waals surface area (Å²) in [6.45, 7) is 4.84. The van der Waals surface area contributed by atoms with Crippen molar-refractivity contribution in [1.82, 2.24) is 0 Å². The number of quaternary nitrogens is 1. The van der Waals surface area contributed by atoms with Gasteiger partial charge in [-0.1, -0.05) is 408 Å². The number of ether oxygens (including phenoxy) is 4. The van der Waals surface area contributed by atoms with Crippen LogP contribution in [0.2, 0.25) is 0 Å². The third kappa shape index (κ3) is 79.9. The maximum absolute atomic E-state index is 13.0. The molecule has 0 amide bonds. The Balaban J connectivity index is 3.94. The summed E-state index contributed by atoms with van der Waals surface area (Å²) in [6, 6.07) is 0. The molecule has 1 N–H and O–H groups in total. The van der Waals surface area contributed by atoms with Gasteiger partial charge in [0, 0.05) is 12.8 Å². The molecule has 0 aromatic rings. The van der Waals surface area contributed by atoms with Gasteiger partial charge in [0.25, 0.3) is 6.29 Å². The number of likely N-dealkylation sites (N-methyl/N-ethyl adjacent to an activating group) is 1. The van der Waals surface area contributed by atoms with Gasteiger partial charge in [0.1, 0.15) is 13.2 Å². The summed E-state index contributed by atoms with van der Waals surface area (Å²) in [5.74, 6) is -1.97. The first-order chi connectivity index (χ1) is 47.6. The van der Waals surface area contributed by atoms with E-state index in [0.29, 0.717) is 17.4 Å². The van der Waals surface area contributed by atoms with E-state index >= 15 is 0 Å². The number of aliphatic carboxylic acids is 1. The molecule has 566 valence electrons. The van der Waals surface area contributed by atoms with Crippen molar-refractivity contribution in [3.05, 3.63) is 72.9 Å². The molecule has 0 spiro atoms. The SMILES string of the molecule is CC/C=C\C/C=C\C/C=C\C/C=C\C/C=C\C/C=C\CCCCCCCCCCCCCCCCCCCCCCCCC(=O)OC(COC(=O)CCCCCCCCCCCCCCCCCCCCCCCCCCCCCCCCC)COC(OCC[N+](C)(C)C)C(=O)O. The van der Waals surface area contributed by atoms with Crippen LogP contribution in [0.3, 0.4) is 0 Å². The molecule has 0 aliphatic carbocycles. The molecule has 0 heterocycles. The van der Waals surface area contributed by atoms with Crippen molar-refractivity contribution < 1.29 is 42.9 Å². The second-order valence-electron chi connectivity index (χ2n) is 29.8. The van der Waals surface area contributed by atoms with E-state index in [1.54, 1.807) is 0 Å². The standard InChI is InChI=1S/C88H161NO8/c1-6-8-10-12-14-16-18-20-22-24-26-28-30-32-34-36-38-39-40-41-42-43-44-45-46-47-49-51-53-55-57-59-61-63-65-67-69-71-73-75-77-79-86(91)97-84(83-96-88(87(92)93)94-81-80-89(3,4)5)82-95-85(90)78-76-74-72-70-68-66-64-62-60-58-56-54-52-50-48-37-35-33-31-29-27-25-23-21-19-17-15-13-11-9-7-2/h8,10,14,16,20,22,26,28,32,34,38-39,84,88H,6-7,9,11-13,15,17-19,21,23-25,27,29-31,33,35-37,40-83H2,1-5H3/p+1/b10-8-,16-14-,22-20-,28-26-,34-32-,39-38-. The Bertz CT molecular complexity index is 1830. The molecule has 0 aromatic heterocycles. The van der Waals surface area contributed by atoms with Crippen molar-refractivity contribution in [1.29, 1.82) is 0 Å². The lowest BCUT2D eigenvalue weighted by Gasteiger charge is -2.25. The topological polar surface area (TPSA) is 108 Å². The normalized spacial score (nSPS) is 13.0. The molecule has 0 radical (unpaired) electrons. The summed E-state index contributed by atoms with van der Waals surface area (Å²) in [5.41, 5.74) is 0. The summed E-state index contributed by atoms with van der Waals surface area (Å²) in [6.07, 6.45) is 104. The minimum absolute atomic E-state index is 0.176. The predicted octanol–water partition coefficient (Wildman–Crippen LogP) is 27.2. The quantitative estimate of drug-likeness (QED) is 0.0211. The van der Waals surface area contributed by atoms with Crippen LogP contribution < -0.4 is 0 Å². The number of rotatable bonds is 79. The van der Waals surface area contributed by atoms with Gasteiger partial charge in [-0.25, -0.2) is 4.79 Å². The first-order valence-electron chi connectivity index (χ1n) is 42.1. The molecule has 0 saturated carbocycles. The number of carbonyl (C=O) groups excluding carboxylic acids is 2. The van der Waals surface area contributed by atoms with Crippen molar-refractivity contribution in [2.45, 2.75) is 424 Å². The molecular formula is C88H162NO8+. The molecule has 0 aromatic carbocycles. The van der Waals surface area contributed by atoms with Crippen LogP contribution in [0.4, 0.5) is 0 Å². The molecule has 2 unspecified atom stereocenters. The number of carbonyl (C=O) groups is 3. The zero-order valence-electron chi connectivity index (χ0n) is 65.0. The molecule has 0 aliphatic heterocycles. The Morgan fingerprint density at radius 3 is 0.876 bits per heavy atom. The monoisotopic (exact) mass is 1360 g/mol. The molecule has 0 bridgehead atoms. The van der Waals surface area contributed by atoms with Gasteiger partial charge in [0.05, 0.1) is 34.4 Å². The maximum atomic E-state index is 13.0. The summed E-state index contributed by atoms with van der Waals surface area (Å²) >= 11 is 0. The van der Waals surface area contributed by atoms with Crippen LogP contribution in [0.5, 0.6) is 0 Å².